The van der Waals surface area contributed by atoms with Crippen molar-refractivity contribution in [3.63, 3.8) is 0 Å². The van der Waals surface area contributed by atoms with Crippen molar-refractivity contribution in [1.29, 1.82) is 0 Å². The van der Waals surface area contributed by atoms with Gasteiger partial charge in [-0.25, -0.2) is 4.79 Å². The second-order valence-electron chi connectivity index (χ2n) is 6.25. The number of urea groups is 1. The van der Waals surface area contributed by atoms with E-state index < -0.39 is 0 Å². The number of carbonyl (C=O) groups is 1. The van der Waals surface area contributed by atoms with E-state index >= 15 is 0 Å². The van der Waals surface area contributed by atoms with E-state index in [1.807, 2.05) is 49.5 Å². The molecule has 5 heteroatoms. The van der Waals surface area contributed by atoms with E-state index in [9.17, 15) is 4.79 Å². The van der Waals surface area contributed by atoms with E-state index in [-0.39, 0.29) is 12.1 Å². The summed E-state index contributed by atoms with van der Waals surface area (Å²) in [5.74, 6) is 0. The molecule has 5 nitrogen and oxygen atoms in total. The van der Waals surface area contributed by atoms with Gasteiger partial charge in [0.05, 0.1) is 6.04 Å². The predicted molar refractivity (Wildman–Crippen MR) is 102 cm³/mol. The van der Waals surface area contributed by atoms with Crippen molar-refractivity contribution in [2.24, 2.45) is 0 Å². The quantitative estimate of drug-likeness (QED) is 0.758. The number of benzene rings is 1. The summed E-state index contributed by atoms with van der Waals surface area (Å²) in [6.07, 6.45) is 7.06. The molecule has 0 aliphatic heterocycles. The van der Waals surface area contributed by atoms with Gasteiger partial charge in [-0.1, -0.05) is 30.3 Å². The summed E-state index contributed by atoms with van der Waals surface area (Å²) in [6.45, 7) is 2.53. The van der Waals surface area contributed by atoms with Crippen molar-refractivity contribution in [3.05, 3.63) is 84.4 Å². The molecule has 132 valence electrons. The summed E-state index contributed by atoms with van der Waals surface area (Å²) >= 11 is 0. The fraction of sp³-hybridized carbons (Fsp3) is 0.190. The maximum absolute atomic E-state index is 12.4. The van der Waals surface area contributed by atoms with Crippen LogP contribution in [0.3, 0.4) is 0 Å². The van der Waals surface area contributed by atoms with Crippen LogP contribution in [0.15, 0.2) is 73.3 Å². The molecule has 26 heavy (non-hydrogen) atoms. The Morgan fingerprint density at radius 1 is 1.00 bits per heavy atom. The van der Waals surface area contributed by atoms with E-state index in [2.05, 4.69) is 27.4 Å². The van der Waals surface area contributed by atoms with Crippen LogP contribution in [0.2, 0.25) is 0 Å². The van der Waals surface area contributed by atoms with E-state index in [1.165, 1.54) is 0 Å². The number of pyridine rings is 2. The van der Waals surface area contributed by atoms with Gasteiger partial charge >= 0.3 is 6.03 Å². The van der Waals surface area contributed by atoms with Gasteiger partial charge in [-0.15, -0.1) is 0 Å². The lowest BCUT2D eigenvalue weighted by molar-refractivity contribution is 0.203. The Bertz CT molecular complexity index is 835. The monoisotopic (exact) mass is 346 g/mol. The van der Waals surface area contributed by atoms with Gasteiger partial charge in [0.15, 0.2) is 0 Å². The molecule has 2 amide bonds. The first-order valence-corrected chi connectivity index (χ1v) is 8.54. The van der Waals surface area contributed by atoms with Gasteiger partial charge in [-0.3, -0.25) is 9.97 Å². The molecule has 2 aromatic heterocycles. The van der Waals surface area contributed by atoms with Gasteiger partial charge in [-0.05, 0) is 47.4 Å². The highest BCUT2D eigenvalue weighted by atomic mass is 16.2. The Morgan fingerprint density at radius 2 is 1.73 bits per heavy atom. The molecule has 0 saturated carbocycles. The van der Waals surface area contributed by atoms with Gasteiger partial charge in [0.25, 0.3) is 0 Å². The highest BCUT2D eigenvalue weighted by Gasteiger charge is 2.13. The normalized spacial score (nSPS) is 11.6. The molecule has 3 aromatic rings. The highest BCUT2D eigenvalue weighted by Crippen LogP contribution is 2.21. The van der Waals surface area contributed by atoms with Gasteiger partial charge in [0, 0.05) is 38.4 Å². The molecule has 0 saturated heterocycles. The minimum absolute atomic E-state index is 0.0784. The first-order valence-electron chi connectivity index (χ1n) is 8.54. The molecule has 0 spiro atoms. The second-order valence-corrected chi connectivity index (χ2v) is 6.25. The highest BCUT2D eigenvalue weighted by molar-refractivity contribution is 5.74. The standard InChI is InChI=1S/C21H22N4O/c1-16(24-21(26)25(2)15-17-9-12-22-13-10-17)18-5-7-19(8-6-18)20-4-3-11-23-14-20/h3-14,16H,15H2,1-2H3,(H,24,26)/t16-/m1/s1. The molecule has 0 aliphatic rings. The molecule has 0 radical (unpaired) electrons. The lowest BCUT2D eigenvalue weighted by atomic mass is 10.0. The number of nitrogens with one attached hydrogen (secondary N) is 1. The van der Waals surface area contributed by atoms with Gasteiger partial charge < -0.3 is 10.2 Å². The van der Waals surface area contributed by atoms with E-state index in [0.717, 1.165) is 22.3 Å². The molecule has 1 N–H and O–H groups in total. The Morgan fingerprint density at radius 3 is 2.38 bits per heavy atom. The minimum atomic E-state index is -0.106. The topological polar surface area (TPSA) is 58.1 Å². The zero-order chi connectivity index (χ0) is 18.4. The van der Waals surface area contributed by atoms with Crippen LogP contribution in [0.4, 0.5) is 4.79 Å². The Labute approximate surface area is 153 Å². The smallest absolute Gasteiger partial charge is 0.317 e. The van der Waals surface area contributed by atoms with Crippen LogP contribution >= 0.6 is 0 Å². The molecule has 1 atom stereocenters. The van der Waals surface area contributed by atoms with Gasteiger partial charge in [0.1, 0.15) is 0 Å². The average Bonchev–Trinajstić information content (AvgIpc) is 2.69. The largest absolute Gasteiger partial charge is 0.331 e. The number of hydrogen-bond acceptors (Lipinski definition) is 3. The SMILES string of the molecule is C[C@@H](NC(=O)N(C)Cc1ccncc1)c1ccc(-c2cccnc2)cc1. The van der Waals surface area contributed by atoms with Crippen molar-refractivity contribution in [2.45, 2.75) is 19.5 Å². The van der Waals surface area contributed by atoms with Crippen LogP contribution in [-0.2, 0) is 6.54 Å². The summed E-state index contributed by atoms with van der Waals surface area (Å²) in [5, 5.41) is 3.03. The van der Waals surface area contributed by atoms with Crippen LogP contribution < -0.4 is 5.32 Å². The van der Waals surface area contributed by atoms with E-state index in [0.29, 0.717) is 6.54 Å². The third-order valence-electron chi connectivity index (χ3n) is 4.26. The zero-order valence-corrected chi connectivity index (χ0v) is 15.0. The second kappa shape index (κ2) is 8.25. The molecule has 0 aliphatic carbocycles. The van der Waals surface area contributed by atoms with E-state index in [4.69, 9.17) is 0 Å². The fourth-order valence-electron chi connectivity index (χ4n) is 2.71. The molecular formula is C21H22N4O. The van der Waals surface area contributed by atoms with Crippen LogP contribution in [0.25, 0.3) is 11.1 Å². The number of nitrogens with zero attached hydrogens (tertiary/aromatic N) is 3. The lowest BCUT2D eigenvalue weighted by Gasteiger charge is -2.22. The summed E-state index contributed by atoms with van der Waals surface area (Å²) in [7, 11) is 1.79. The number of aromatic nitrogens is 2. The lowest BCUT2D eigenvalue weighted by Crippen LogP contribution is -2.38. The zero-order valence-electron chi connectivity index (χ0n) is 15.0. The van der Waals surface area contributed by atoms with Crippen LogP contribution in [-0.4, -0.2) is 27.9 Å². The summed E-state index contributed by atoms with van der Waals surface area (Å²) in [5.41, 5.74) is 4.29. The van der Waals surface area contributed by atoms with Crippen molar-refractivity contribution < 1.29 is 4.79 Å². The maximum atomic E-state index is 12.4. The summed E-state index contributed by atoms with van der Waals surface area (Å²) in [6, 6.07) is 15.8. The minimum Gasteiger partial charge on any atom is -0.331 e. The fourth-order valence-corrected chi connectivity index (χ4v) is 2.71. The molecule has 0 bridgehead atoms. The molecule has 0 unspecified atom stereocenters. The molecule has 1 aromatic carbocycles. The van der Waals surface area contributed by atoms with Crippen molar-refractivity contribution in [2.75, 3.05) is 7.05 Å². The van der Waals surface area contributed by atoms with Gasteiger partial charge in [-0.2, -0.15) is 0 Å². The van der Waals surface area contributed by atoms with E-state index in [1.54, 1.807) is 30.5 Å². The Hall–Kier alpha value is -3.21. The maximum Gasteiger partial charge on any atom is 0.317 e. The van der Waals surface area contributed by atoms with Crippen LogP contribution in [0.5, 0.6) is 0 Å². The van der Waals surface area contributed by atoms with Crippen molar-refractivity contribution >= 4 is 6.03 Å². The predicted octanol–water partition coefficient (Wildman–Crippen LogP) is 4.05. The first kappa shape index (κ1) is 17.6. The number of carbonyl (C=O) groups excluding carboxylic acids is 1. The Balaban J connectivity index is 1.60. The third-order valence-corrected chi connectivity index (χ3v) is 4.26. The van der Waals surface area contributed by atoms with Crippen LogP contribution in [0, 0.1) is 0 Å². The average molecular weight is 346 g/mol. The molecule has 3 rings (SSSR count). The molecular weight excluding hydrogens is 324 g/mol. The van der Waals surface area contributed by atoms with Crippen molar-refractivity contribution in [3.8, 4) is 11.1 Å². The van der Waals surface area contributed by atoms with Crippen molar-refractivity contribution in [1.82, 2.24) is 20.2 Å². The summed E-state index contributed by atoms with van der Waals surface area (Å²) < 4.78 is 0. The van der Waals surface area contributed by atoms with Gasteiger partial charge in [0.2, 0.25) is 0 Å². The molecule has 0 fully saturated rings. The number of rotatable bonds is 5. The third kappa shape index (κ3) is 4.45. The number of hydrogen-bond donors (Lipinski definition) is 1. The summed E-state index contributed by atoms with van der Waals surface area (Å²) in [4.78, 5) is 22.2. The molecule has 2 heterocycles. The first-order chi connectivity index (χ1) is 12.6. The Kier molecular flexibility index (Phi) is 5.59. The van der Waals surface area contributed by atoms with Crippen LogP contribution in [0.1, 0.15) is 24.1 Å². The number of amides is 2.